The summed E-state index contributed by atoms with van der Waals surface area (Å²) in [5, 5.41) is 1.07. The topological polar surface area (TPSA) is 52.6 Å². The molecule has 0 aliphatic rings. The molecule has 0 spiro atoms. The molecule has 0 N–H and O–H groups in total. The number of sulfone groups is 1. The van der Waals surface area contributed by atoms with Crippen LogP contribution in [-0.4, -0.2) is 32.6 Å². The van der Waals surface area contributed by atoms with E-state index in [2.05, 4.69) is 15.9 Å². The Bertz CT molecular complexity index is 568. The van der Waals surface area contributed by atoms with Crippen molar-refractivity contribution in [3.63, 3.8) is 0 Å². The average molecular weight is 400 g/mol. The van der Waals surface area contributed by atoms with Gasteiger partial charge in [-0.15, -0.1) is 0 Å². The molecular weight excluding hydrogens is 380 g/mol. The molecule has 21 heavy (non-hydrogen) atoms. The highest BCUT2D eigenvalue weighted by Gasteiger charge is 2.28. The van der Waals surface area contributed by atoms with Gasteiger partial charge in [-0.05, 0) is 26.8 Å². The predicted molar refractivity (Wildman–Crippen MR) is 89.7 cm³/mol. The number of methoxy groups -OCH3 is 1. The quantitative estimate of drug-likeness (QED) is 0.682. The molecule has 0 fully saturated rings. The van der Waals surface area contributed by atoms with E-state index in [9.17, 15) is 8.42 Å². The molecule has 0 saturated carbocycles. The maximum Gasteiger partial charge on any atom is 0.165 e. The van der Waals surface area contributed by atoms with Crippen LogP contribution in [0.2, 0.25) is 5.02 Å². The average Bonchev–Trinajstić information content (AvgIpc) is 2.38. The van der Waals surface area contributed by atoms with Gasteiger partial charge >= 0.3 is 0 Å². The molecule has 0 amide bonds. The molecular formula is C14H20BrClO4S. The summed E-state index contributed by atoms with van der Waals surface area (Å²) in [4.78, 5) is 0. The standard InChI is InChI=1S/C14H20BrClO4S/c1-14(2,3)21(17,18)6-5-20-13-10(9-15)7-11(16)8-12(13)19-4/h7-8H,5-6,9H2,1-4H3. The van der Waals surface area contributed by atoms with E-state index in [1.165, 1.54) is 7.11 Å². The van der Waals surface area contributed by atoms with Gasteiger partial charge in [-0.3, -0.25) is 0 Å². The van der Waals surface area contributed by atoms with Gasteiger partial charge in [0.1, 0.15) is 6.61 Å². The minimum absolute atomic E-state index is 0.0516. The van der Waals surface area contributed by atoms with Gasteiger partial charge in [-0.2, -0.15) is 0 Å². The van der Waals surface area contributed by atoms with Crippen molar-refractivity contribution in [2.75, 3.05) is 19.5 Å². The minimum Gasteiger partial charge on any atom is -0.493 e. The summed E-state index contributed by atoms with van der Waals surface area (Å²) >= 11 is 9.35. The summed E-state index contributed by atoms with van der Waals surface area (Å²) in [6.07, 6.45) is 0. The Kier molecular flexibility index (Phi) is 6.37. The highest BCUT2D eigenvalue weighted by molar-refractivity contribution is 9.08. The summed E-state index contributed by atoms with van der Waals surface area (Å²) in [6.45, 7) is 5.09. The molecule has 0 atom stereocenters. The largest absolute Gasteiger partial charge is 0.493 e. The van der Waals surface area contributed by atoms with Crippen LogP contribution in [0.3, 0.4) is 0 Å². The second kappa shape index (κ2) is 7.20. The fourth-order valence-corrected chi connectivity index (χ4v) is 3.16. The molecule has 0 heterocycles. The van der Waals surface area contributed by atoms with Crippen molar-refractivity contribution in [3.8, 4) is 11.5 Å². The van der Waals surface area contributed by atoms with E-state index in [-0.39, 0.29) is 12.4 Å². The number of rotatable bonds is 6. The van der Waals surface area contributed by atoms with Gasteiger partial charge < -0.3 is 9.47 Å². The molecule has 0 aliphatic carbocycles. The molecule has 0 aromatic heterocycles. The van der Waals surface area contributed by atoms with Crippen LogP contribution >= 0.6 is 27.5 Å². The first-order valence-electron chi connectivity index (χ1n) is 6.40. The first-order valence-corrected chi connectivity index (χ1v) is 9.55. The van der Waals surface area contributed by atoms with Crippen LogP contribution in [0.25, 0.3) is 0 Å². The number of hydrogen-bond donors (Lipinski definition) is 0. The number of hydrogen-bond acceptors (Lipinski definition) is 4. The van der Waals surface area contributed by atoms with Crippen molar-refractivity contribution in [2.45, 2.75) is 30.8 Å². The first kappa shape index (κ1) is 18.6. The molecule has 1 aromatic carbocycles. The van der Waals surface area contributed by atoms with Crippen LogP contribution in [0.15, 0.2) is 12.1 Å². The van der Waals surface area contributed by atoms with Crippen LogP contribution in [0, 0.1) is 0 Å². The molecule has 7 heteroatoms. The van der Waals surface area contributed by atoms with Crippen LogP contribution < -0.4 is 9.47 Å². The van der Waals surface area contributed by atoms with E-state index in [0.717, 1.165) is 5.56 Å². The van der Waals surface area contributed by atoms with E-state index in [0.29, 0.717) is 21.9 Å². The van der Waals surface area contributed by atoms with E-state index < -0.39 is 14.6 Å². The van der Waals surface area contributed by atoms with Gasteiger partial charge in [0, 0.05) is 22.0 Å². The van der Waals surface area contributed by atoms with Gasteiger partial charge in [0.25, 0.3) is 0 Å². The highest BCUT2D eigenvalue weighted by atomic mass is 79.9. The molecule has 0 radical (unpaired) electrons. The van der Waals surface area contributed by atoms with Crippen molar-refractivity contribution in [1.29, 1.82) is 0 Å². The lowest BCUT2D eigenvalue weighted by Gasteiger charge is -2.20. The summed E-state index contributed by atoms with van der Waals surface area (Å²) in [5.74, 6) is 0.956. The second-order valence-corrected chi connectivity index (χ2v) is 9.37. The van der Waals surface area contributed by atoms with Gasteiger partial charge in [-0.1, -0.05) is 27.5 Å². The Morgan fingerprint density at radius 2 is 1.90 bits per heavy atom. The molecule has 1 aromatic rings. The van der Waals surface area contributed by atoms with E-state index in [4.69, 9.17) is 21.1 Å². The maximum absolute atomic E-state index is 12.1. The number of halogens is 2. The van der Waals surface area contributed by atoms with Crippen LogP contribution in [-0.2, 0) is 15.2 Å². The summed E-state index contributed by atoms with van der Waals surface area (Å²) < 4.78 is 34.2. The molecule has 1 rings (SSSR count). The molecule has 120 valence electrons. The Balaban J connectivity index is 2.90. The number of ether oxygens (including phenoxy) is 2. The lowest BCUT2D eigenvalue weighted by Crippen LogP contribution is -2.32. The number of benzene rings is 1. The van der Waals surface area contributed by atoms with Gasteiger partial charge in [0.2, 0.25) is 0 Å². The molecule has 0 aliphatic heterocycles. The fourth-order valence-electron chi connectivity index (χ4n) is 1.60. The SMILES string of the molecule is COc1cc(Cl)cc(CBr)c1OCCS(=O)(=O)C(C)(C)C. The zero-order valence-corrected chi connectivity index (χ0v) is 15.7. The third kappa shape index (κ3) is 4.76. The van der Waals surface area contributed by atoms with Crippen LogP contribution in [0.1, 0.15) is 26.3 Å². The first-order chi connectivity index (χ1) is 9.62. The Morgan fingerprint density at radius 1 is 1.29 bits per heavy atom. The summed E-state index contributed by atoms with van der Waals surface area (Å²) in [5.41, 5.74) is 0.813. The lowest BCUT2D eigenvalue weighted by atomic mass is 10.2. The van der Waals surface area contributed by atoms with Crippen molar-refractivity contribution in [2.24, 2.45) is 0 Å². The van der Waals surface area contributed by atoms with Crippen molar-refractivity contribution < 1.29 is 17.9 Å². The third-order valence-electron chi connectivity index (χ3n) is 2.99. The molecule has 4 nitrogen and oxygen atoms in total. The smallest absolute Gasteiger partial charge is 0.165 e. The van der Waals surface area contributed by atoms with Crippen molar-refractivity contribution in [1.82, 2.24) is 0 Å². The van der Waals surface area contributed by atoms with E-state index in [1.54, 1.807) is 32.9 Å². The van der Waals surface area contributed by atoms with Crippen molar-refractivity contribution in [3.05, 3.63) is 22.7 Å². The Hall–Kier alpha value is -0.460. The molecule has 0 unspecified atom stereocenters. The van der Waals surface area contributed by atoms with Gasteiger partial charge in [0.15, 0.2) is 21.3 Å². The van der Waals surface area contributed by atoms with E-state index >= 15 is 0 Å². The highest BCUT2D eigenvalue weighted by Crippen LogP contribution is 2.36. The molecule has 0 bridgehead atoms. The maximum atomic E-state index is 12.1. The van der Waals surface area contributed by atoms with E-state index in [1.807, 2.05) is 0 Å². The summed E-state index contributed by atoms with van der Waals surface area (Å²) in [7, 11) is -1.70. The lowest BCUT2D eigenvalue weighted by molar-refractivity contribution is 0.308. The molecule has 0 saturated heterocycles. The third-order valence-corrected chi connectivity index (χ3v) is 6.38. The fraction of sp³-hybridized carbons (Fsp3) is 0.571. The van der Waals surface area contributed by atoms with Crippen LogP contribution in [0.4, 0.5) is 0 Å². The minimum atomic E-state index is -3.22. The Morgan fingerprint density at radius 3 is 2.38 bits per heavy atom. The second-order valence-electron chi connectivity index (χ2n) is 5.51. The monoisotopic (exact) mass is 398 g/mol. The predicted octanol–water partition coefficient (Wildman–Crippen LogP) is 3.84. The van der Waals surface area contributed by atoms with Crippen LogP contribution in [0.5, 0.6) is 11.5 Å². The van der Waals surface area contributed by atoms with Crippen molar-refractivity contribution >= 4 is 37.4 Å². The normalized spacial score (nSPS) is 12.3. The Labute approximate surface area is 139 Å². The zero-order chi connectivity index (χ0) is 16.3. The number of alkyl halides is 1. The van der Waals surface area contributed by atoms with Gasteiger partial charge in [0.05, 0.1) is 17.6 Å². The zero-order valence-electron chi connectivity index (χ0n) is 12.6. The van der Waals surface area contributed by atoms with Gasteiger partial charge in [-0.25, -0.2) is 8.42 Å². The summed E-state index contributed by atoms with van der Waals surface area (Å²) in [6, 6.07) is 3.40.